The third kappa shape index (κ3) is 1.59. The lowest BCUT2D eigenvalue weighted by Crippen LogP contribution is -1.87. The van der Waals surface area contributed by atoms with Crippen LogP contribution in [0.3, 0.4) is 0 Å². The van der Waals surface area contributed by atoms with E-state index in [1.165, 1.54) is 24.2 Å². The summed E-state index contributed by atoms with van der Waals surface area (Å²) >= 11 is 2.01. The molecule has 0 aromatic heterocycles. The van der Waals surface area contributed by atoms with E-state index in [4.69, 9.17) is 0 Å². The summed E-state index contributed by atoms with van der Waals surface area (Å²) in [6.07, 6.45) is 2.64. The number of hydrogen-bond donors (Lipinski definition) is 0. The lowest BCUT2D eigenvalue weighted by atomic mass is 10.1. The van der Waals surface area contributed by atoms with Crippen molar-refractivity contribution in [2.75, 3.05) is 5.75 Å². The molecule has 1 heterocycles. The van der Waals surface area contributed by atoms with Crippen LogP contribution in [0, 0.1) is 5.25 Å². The van der Waals surface area contributed by atoms with Crippen molar-refractivity contribution in [1.29, 1.82) is 0 Å². The van der Waals surface area contributed by atoms with Gasteiger partial charge in [-0.25, -0.2) is 0 Å². The minimum absolute atomic E-state index is 1.29. The third-order valence-corrected chi connectivity index (χ3v) is 3.20. The highest BCUT2D eigenvalue weighted by Crippen LogP contribution is 2.38. The fraction of sp³-hybridized carbons (Fsp3) is 0.300. The molecule has 1 fully saturated rings. The maximum atomic E-state index is 2.20. The van der Waals surface area contributed by atoms with Crippen molar-refractivity contribution in [3.63, 3.8) is 0 Å². The predicted molar refractivity (Wildman–Crippen MR) is 50.5 cm³/mol. The van der Waals surface area contributed by atoms with Crippen molar-refractivity contribution in [1.82, 2.24) is 0 Å². The summed E-state index contributed by atoms with van der Waals surface area (Å²) in [5.74, 6) is 1.31. The van der Waals surface area contributed by atoms with Gasteiger partial charge in [0.25, 0.3) is 0 Å². The molecule has 0 nitrogen and oxygen atoms in total. The summed E-state index contributed by atoms with van der Waals surface area (Å²) in [7, 11) is 0. The zero-order valence-corrected chi connectivity index (χ0v) is 7.23. The van der Waals surface area contributed by atoms with Crippen LogP contribution in [-0.4, -0.2) is 5.75 Å². The Bertz CT molecular complexity index is 212. The van der Waals surface area contributed by atoms with Gasteiger partial charge < -0.3 is 0 Å². The summed E-state index contributed by atoms with van der Waals surface area (Å²) in [5, 5.41) is 1.57. The van der Waals surface area contributed by atoms with E-state index in [-0.39, 0.29) is 0 Å². The summed E-state index contributed by atoms with van der Waals surface area (Å²) in [6.45, 7) is 0. The molecule has 0 atom stereocenters. The molecule has 0 amide bonds. The quantitative estimate of drug-likeness (QED) is 0.613. The first-order valence-electron chi connectivity index (χ1n) is 4.01. The van der Waals surface area contributed by atoms with E-state index < -0.39 is 0 Å². The molecule has 1 aromatic rings. The minimum Gasteiger partial charge on any atom is -0.149 e. The molecule has 1 aliphatic heterocycles. The predicted octanol–water partition coefficient (Wildman–Crippen LogP) is 3.09. The average Bonchev–Trinajstić information content (AvgIpc) is 2.58. The highest BCUT2D eigenvalue weighted by atomic mass is 32.2. The molecule has 1 aliphatic rings. The van der Waals surface area contributed by atoms with E-state index >= 15 is 0 Å². The summed E-state index contributed by atoms with van der Waals surface area (Å²) < 4.78 is 0. The molecular formula is C10H11S. The van der Waals surface area contributed by atoms with Crippen LogP contribution in [0.2, 0.25) is 0 Å². The van der Waals surface area contributed by atoms with Crippen LogP contribution in [0.1, 0.15) is 18.4 Å². The number of hydrogen-bond acceptors (Lipinski definition) is 1. The van der Waals surface area contributed by atoms with Gasteiger partial charge >= 0.3 is 0 Å². The van der Waals surface area contributed by atoms with Gasteiger partial charge in [0.15, 0.2) is 0 Å². The molecule has 0 bridgehead atoms. The molecule has 2 rings (SSSR count). The first-order valence-corrected chi connectivity index (χ1v) is 4.99. The standard InChI is InChI=1S/C10H11S/c1-2-5-9(6-3-1)10-7-4-8-11-10/h1-3,5-6H,4,7-8H2. The zero-order chi connectivity index (χ0) is 7.52. The van der Waals surface area contributed by atoms with Crippen molar-refractivity contribution in [2.45, 2.75) is 12.8 Å². The Morgan fingerprint density at radius 3 is 2.55 bits per heavy atom. The molecule has 1 radical (unpaired) electrons. The second-order valence-electron chi connectivity index (χ2n) is 2.74. The number of rotatable bonds is 1. The van der Waals surface area contributed by atoms with E-state index in [2.05, 4.69) is 30.3 Å². The van der Waals surface area contributed by atoms with Gasteiger partial charge in [0, 0.05) is 0 Å². The fourth-order valence-corrected chi connectivity index (χ4v) is 2.48. The van der Waals surface area contributed by atoms with Crippen molar-refractivity contribution in [2.24, 2.45) is 0 Å². The Hall–Kier alpha value is -0.430. The Labute approximate surface area is 72.0 Å². The Kier molecular flexibility index (Phi) is 2.18. The van der Waals surface area contributed by atoms with Gasteiger partial charge in [-0.15, -0.1) is 11.8 Å². The SMILES string of the molecule is c1ccc([C]2CCCS2)cc1. The first kappa shape index (κ1) is 7.23. The van der Waals surface area contributed by atoms with Crippen molar-refractivity contribution in [3.05, 3.63) is 41.1 Å². The Morgan fingerprint density at radius 2 is 1.91 bits per heavy atom. The molecule has 0 unspecified atom stereocenters. The topological polar surface area (TPSA) is 0 Å². The zero-order valence-electron chi connectivity index (χ0n) is 6.42. The lowest BCUT2D eigenvalue weighted by molar-refractivity contribution is 0.946. The van der Waals surface area contributed by atoms with E-state index in [1.807, 2.05) is 11.8 Å². The van der Waals surface area contributed by atoms with Gasteiger partial charge in [0.1, 0.15) is 0 Å². The molecule has 1 heteroatoms. The molecule has 57 valence electrons. The van der Waals surface area contributed by atoms with Gasteiger partial charge in [-0.2, -0.15) is 0 Å². The van der Waals surface area contributed by atoms with Gasteiger partial charge in [-0.3, -0.25) is 0 Å². The van der Waals surface area contributed by atoms with Crippen LogP contribution in [-0.2, 0) is 0 Å². The fourth-order valence-electron chi connectivity index (χ4n) is 1.35. The Morgan fingerprint density at radius 1 is 1.09 bits per heavy atom. The lowest BCUT2D eigenvalue weighted by Gasteiger charge is -2.05. The van der Waals surface area contributed by atoms with Gasteiger partial charge in [0.05, 0.1) is 5.25 Å². The van der Waals surface area contributed by atoms with Crippen LogP contribution in [0.4, 0.5) is 0 Å². The normalized spacial score (nSPS) is 18.9. The molecule has 1 saturated heterocycles. The van der Waals surface area contributed by atoms with Crippen molar-refractivity contribution < 1.29 is 0 Å². The van der Waals surface area contributed by atoms with E-state index in [9.17, 15) is 0 Å². The van der Waals surface area contributed by atoms with Gasteiger partial charge in [0.2, 0.25) is 0 Å². The molecule has 0 spiro atoms. The smallest absolute Gasteiger partial charge is 0.0595 e. The first-order chi connectivity index (χ1) is 5.47. The summed E-state index contributed by atoms with van der Waals surface area (Å²) in [5.41, 5.74) is 1.43. The van der Waals surface area contributed by atoms with E-state index in [0.29, 0.717) is 0 Å². The molecular weight excluding hydrogens is 152 g/mol. The van der Waals surface area contributed by atoms with Crippen LogP contribution >= 0.6 is 11.8 Å². The third-order valence-electron chi connectivity index (χ3n) is 1.92. The van der Waals surface area contributed by atoms with Crippen LogP contribution < -0.4 is 0 Å². The molecule has 11 heavy (non-hydrogen) atoms. The summed E-state index contributed by atoms with van der Waals surface area (Å²) in [4.78, 5) is 0. The van der Waals surface area contributed by atoms with Crippen LogP contribution in [0.25, 0.3) is 0 Å². The number of benzene rings is 1. The highest BCUT2D eigenvalue weighted by molar-refractivity contribution is 8.02. The average molecular weight is 163 g/mol. The second-order valence-corrected chi connectivity index (χ2v) is 3.93. The van der Waals surface area contributed by atoms with Crippen LogP contribution in [0.5, 0.6) is 0 Å². The summed E-state index contributed by atoms with van der Waals surface area (Å²) in [6, 6.07) is 10.7. The van der Waals surface area contributed by atoms with Crippen LogP contribution in [0.15, 0.2) is 30.3 Å². The number of thioether (sulfide) groups is 1. The van der Waals surface area contributed by atoms with E-state index in [0.717, 1.165) is 0 Å². The van der Waals surface area contributed by atoms with Gasteiger partial charge in [-0.1, -0.05) is 30.3 Å². The molecule has 0 saturated carbocycles. The van der Waals surface area contributed by atoms with Gasteiger partial charge in [-0.05, 0) is 24.2 Å². The second kappa shape index (κ2) is 3.31. The van der Waals surface area contributed by atoms with Crippen molar-refractivity contribution in [3.8, 4) is 0 Å². The molecule has 0 N–H and O–H groups in total. The minimum atomic E-state index is 1.29. The van der Waals surface area contributed by atoms with E-state index in [1.54, 1.807) is 5.25 Å². The molecule has 0 aliphatic carbocycles. The Balaban J connectivity index is 2.16. The largest absolute Gasteiger partial charge is 0.149 e. The van der Waals surface area contributed by atoms with Crippen molar-refractivity contribution >= 4 is 11.8 Å². The highest BCUT2D eigenvalue weighted by Gasteiger charge is 2.17. The monoisotopic (exact) mass is 163 g/mol. The maximum absolute atomic E-state index is 2.20. The maximum Gasteiger partial charge on any atom is 0.0595 e. The molecule has 1 aromatic carbocycles.